The summed E-state index contributed by atoms with van der Waals surface area (Å²) in [5.41, 5.74) is 5.33. The molecule has 1 aliphatic carbocycles. The van der Waals surface area contributed by atoms with Crippen molar-refractivity contribution in [1.82, 2.24) is 0 Å². The van der Waals surface area contributed by atoms with Crippen LogP contribution in [0.1, 0.15) is 17.0 Å². The van der Waals surface area contributed by atoms with Crippen LogP contribution in [0.3, 0.4) is 0 Å². The summed E-state index contributed by atoms with van der Waals surface area (Å²) >= 11 is 6.06. The Hall–Kier alpha value is -2.78. The molecule has 25 heavy (non-hydrogen) atoms. The predicted molar refractivity (Wildman–Crippen MR) is 100 cm³/mol. The average Bonchev–Trinajstić information content (AvgIpc) is 2.96. The van der Waals surface area contributed by atoms with Gasteiger partial charge in [-0.1, -0.05) is 72.3 Å². The largest absolute Gasteiger partial charge is 0.448 e. The molecule has 3 aromatic rings. The Morgan fingerprint density at radius 1 is 0.880 bits per heavy atom. The second kappa shape index (κ2) is 6.61. The highest BCUT2D eigenvalue weighted by Gasteiger charge is 2.28. The summed E-state index contributed by atoms with van der Waals surface area (Å²) in [7, 11) is 0. The molecule has 0 unspecified atom stereocenters. The Balaban J connectivity index is 1.51. The minimum absolute atomic E-state index is 0.0457. The molecule has 0 saturated carbocycles. The van der Waals surface area contributed by atoms with Crippen LogP contribution < -0.4 is 5.32 Å². The molecule has 0 radical (unpaired) electrons. The molecule has 3 aromatic carbocycles. The van der Waals surface area contributed by atoms with Gasteiger partial charge in [0, 0.05) is 5.92 Å². The van der Waals surface area contributed by atoms with Crippen LogP contribution in [-0.4, -0.2) is 12.7 Å². The molecule has 1 aliphatic rings. The van der Waals surface area contributed by atoms with E-state index in [2.05, 4.69) is 29.6 Å². The second-order valence-electron chi connectivity index (χ2n) is 5.93. The maximum Gasteiger partial charge on any atom is 0.411 e. The van der Waals surface area contributed by atoms with Crippen molar-refractivity contribution < 1.29 is 9.53 Å². The number of amides is 1. The molecule has 4 rings (SSSR count). The first-order chi connectivity index (χ1) is 12.2. The van der Waals surface area contributed by atoms with E-state index >= 15 is 0 Å². The standard InChI is InChI=1S/C21H16ClNO2/c22-19-11-5-6-12-20(19)23-21(24)25-13-18-16-9-3-1-7-14(16)15-8-2-4-10-17(15)18/h1-12,18H,13H2,(H,23,24). The van der Waals surface area contributed by atoms with Gasteiger partial charge in [0.1, 0.15) is 6.61 Å². The Morgan fingerprint density at radius 2 is 1.44 bits per heavy atom. The molecule has 1 amide bonds. The van der Waals surface area contributed by atoms with Gasteiger partial charge in [0.2, 0.25) is 0 Å². The van der Waals surface area contributed by atoms with Gasteiger partial charge in [0.25, 0.3) is 0 Å². The van der Waals surface area contributed by atoms with Gasteiger partial charge in [-0.3, -0.25) is 5.32 Å². The molecule has 124 valence electrons. The van der Waals surface area contributed by atoms with Crippen LogP contribution >= 0.6 is 11.6 Å². The molecule has 1 N–H and O–H groups in total. The van der Waals surface area contributed by atoms with Gasteiger partial charge in [-0.05, 0) is 34.4 Å². The summed E-state index contributed by atoms with van der Waals surface area (Å²) in [5, 5.41) is 3.17. The van der Waals surface area contributed by atoms with Crippen LogP contribution in [-0.2, 0) is 4.74 Å². The van der Waals surface area contributed by atoms with Gasteiger partial charge in [-0.15, -0.1) is 0 Å². The molecule has 0 spiro atoms. The van der Waals surface area contributed by atoms with E-state index in [-0.39, 0.29) is 12.5 Å². The number of rotatable bonds is 3. The zero-order valence-electron chi connectivity index (χ0n) is 13.4. The van der Waals surface area contributed by atoms with Gasteiger partial charge in [0.05, 0.1) is 10.7 Å². The first-order valence-electron chi connectivity index (χ1n) is 8.10. The van der Waals surface area contributed by atoms with E-state index < -0.39 is 6.09 Å². The highest BCUT2D eigenvalue weighted by atomic mass is 35.5. The summed E-state index contributed by atoms with van der Waals surface area (Å²) in [6.45, 7) is 0.282. The summed E-state index contributed by atoms with van der Waals surface area (Å²) in [4.78, 5) is 12.2. The zero-order chi connectivity index (χ0) is 17.2. The number of hydrogen-bond acceptors (Lipinski definition) is 2. The summed E-state index contributed by atoms with van der Waals surface area (Å²) < 4.78 is 5.49. The van der Waals surface area contributed by atoms with Crippen LogP contribution in [0.25, 0.3) is 11.1 Å². The fourth-order valence-electron chi connectivity index (χ4n) is 3.31. The van der Waals surface area contributed by atoms with Gasteiger partial charge >= 0.3 is 6.09 Å². The molecule has 4 heteroatoms. The van der Waals surface area contributed by atoms with E-state index in [1.165, 1.54) is 22.3 Å². The third-order valence-electron chi connectivity index (χ3n) is 4.45. The molecule has 0 bridgehead atoms. The number of para-hydroxylation sites is 1. The molecule has 0 aromatic heterocycles. The van der Waals surface area contributed by atoms with Gasteiger partial charge < -0.3 is 4.74 Å². The van der Waals surface area contributed by atoms with Crippen LogP contribution in [0.15, 0.2) is 72.8 Å². The fraction of sp³-hybridized carbons (Fsp3) is 0.0952. The smallest absolute Gasteiger partial charge is 0.411 e. The van der Waals surface area contributed by atoms with Crippen LogP contribution in [0.5, 0.6) is 0 Å². The van der Waals surface area contributed by atoms with Crippen molar-refractivity contribution in [1.29, 1.82) is 0 Å². The molecular weight excluding hydrogens is 334 g/mol. The quantitative estimate of drug-likeness (QED) is 0.658. The number of ether oxygens (including phenoxy) is 1. The van der Waals surface area contributed by atoms with Gasteiger partial charge in [-0.2, -0.15) is 0 Å². The lowest BCUT2D eigenvalue weighted by molar-refractivity contribution is 0.158. The molecule has 0 heterocycles. The van der Waals surface area contributed by atoms with E-state index in [4.69, 9.17) is 16.3 Å². The number of carbonyl (C=O) groups is 1. The van der Waals surface area contributed by atoms with Gasteiger partial charge in [0.15, 0.2) is 0 Å². The van der Waals surface area contributed by atoms with E-state index in [1.54, 1.807) is 12.1 Å². The first-order valence-corrected chi connectivity index (χ1v) is 8.48. The summed E-state index contributed by atoms with van der Waals surface area (Å²) in [5.74, 6) is 0.0457. The van der Waals surface area contributed by atoms with Crippen LogP contribution in [0, 0.1) is 0 Å². The highest BCUT2D eigenvalue weighted by Crippen LogP contribution is 2.44. The molecule has 0 atom stereocenters. The van der Waals surface area contributed by atoms with Crippen molar-refractivity contribution in [3.05, 3.63) is 88.9 Å². The normalized spacial score (nSPS) is 12.4. The average molecular weight is 350 g/mol. The number of anilines is 1. The minimum Gasteiger partial charge on any atom is -0.448 e. The Morgan fingerprint density at radius 3 is 2.08 bits per heavy atom. The first kappa shape index (κ1) is 15.7. The van der Waals surface area contributed by atoms with Crippen molar-refractivity contribution in [2.24, 2.45) is 0 Å². The Kier molecular flexibility index (Phi) is 4.16. The Labute approximate surface area is 151 Å². The maximum atomic E-state index is 12.2. The maximum absolute atomic E-state index is 12.2. The SMILES string of the molecule is O=C(Nc1ccccc1Cl)OCC1c2ccccc2-c2ccccc21. The van der Waals surface area contributed by atoms with Crippen molar-refractivity contribution in [3.8, 4) is 11.1 Å². The van der Waals surface area contributed by atoms with Crippen LogP contribution in [0.2, 0.25) is 5.02 Å². The molecule has 0 fully saturated rings. The van der Waals surface area contributed by atoms with Crippen LogP contribution in [0.4, 0.5) is 10.5 Å². The van der Waals surface area contributed by atoms with Crippen molar-refractivity contribution in [2.45, 2.75) is 5.92 Å². The summed E-state index contributed by atoms with van der Waals surface area (Å²) in [6, 6.07) is 23.6. The number of nitrogens with one attached hydrogen (secondary N) is 1. The fourth-order valence-corrected chi connectivity index (χ4v) is 3.49. The van der Waals surface area contributed by atoms with Crippen molar-refractivity contribution in [3.63, 3.8) is 0 Å². The number of hydrogen-bond donors (Lipinski definition) is 1. The number of fused-ring (bicyclic) bond motifs is 3. The van der Waals surface area contributed by atoms with Crippen molar-refractivity contribution in [2.75, 3.05) is 11.9 Å². The second-order valence-corrected chi connectivity index (χ2v) is 6.34. The molecule has 3 nitrogen and oxygen atoms in total. The lowest BCUT2D eigenvalue weighted by Gasteiger charge is -2.15. The number of benzene rings is 3. The predicted octanol–water partition coefficient (Wildman–Crippen LogP) is 5.70. The van der Waals surface area contributed by atoms with Gasteiger partial charge in [-0.25, -0.2) is 4.79 Å². The molecular formula is C21H16ClNO2. The lowest BCUT2D eigenvalue weighted by atomic mass is 9.98. The summed E-state index contributed by atoms with van der Waals surface area (Å²) in [6.07, 6.45) is -0.505. The topological polar surface area (TPSA) is 38.3 Å². The lowest BCUT2D eigenvalue weighted by Crippen LogP contribution is -2.18. The monoisotopic (exact) mass is 349 g/mol. The van der Waals surface area contributed by atoms with E-state index in [0.717, 1.165) is 0 Å². The van der Waals surface area contributed by atoms with Crippen molar-refractivity contribution >= 4 is 23.4 Å². The molecule has 0 saturated heterocycles. The third-order valence-corrected chi connectivity index (χ3v) is 4.78. The minimum atomic E-state index is -0.505. The molecule has 0 aliphatic heterocycles. The van der Waals surface area contributed by atoms with E-state index in [0.29, 0.717) is 10.7 Å². The van der Waals surface area contributed by atoms with E-state index in [9.17, 15) is 4.79 Å². The van der Waals surface area contributed by atoms with E-state index in [1.807, 2.05) is 36.4 Å². The zero-order valence-corrected chi connectivity index (χ0v) is 14.2. The third kappa shape index (κ3) is 2.99. The highest BCUT2D eigenvalue weighted by molar-refractivity contribution is 6.33. The number of halogens is 1. The Bertz CT molecular complexity index is 893. The number of carbonyl (C=O) groups excluding carboxylic acids is 1.